The van der Waals surface area contributed by atoms with E-state index in [9.17, 15) is 18.7 Å². The lowest BCUT2D eigenvalue weighted by atomic mass is 9.75. The minimum Gasteiger partial charge on any atom is -0.491 e. The summed E-state index contributed by atoms with van der Waals surface area (Å²) >= 11 is 0. The molecule has 3 rings (SSSR count). The van der Waals surface area contributed by atoms with Gasteiger partial charge < -0.3 is 15.2 Å². The fraction of sp³-hybridized carbons (Fsp3) is 0.500. The fourth-order valence-electron chi connectivity index (χ4n) is 2.57. The largest absolute Gasteiger partial charge is 0.491 e. The molecule has 1 aliphatic heterocycles. The second kappa shape index (κ2) is 4.41. The van der Waals surface area contributed by atoms with Gasteiger partial charge in [-0.1, -0.05) is 18.2 Å². The molecule has 1 atom stereocenters. The first kappa shape index (κ1) is 13.3. The number of ether oxygens (including phenoxy) is 1. The summed E-state index contributed by atoms with van der Waals surface area (Å²) in [5.41, 5.74) is -1.52. The summed E-state index contributed by atoms with van der Waals surface area (Å²) in [5.74, 6) is -4.63. The molecule has 1 aliphatic carbocycles. The van der Waals surface area contributed by atoms with Gasteiger partial charge in [-0.2, -0.15) is 8.78 Å². The molecule has 1 heterocycles. The Balaban J connectivity index is 1.74. The lowest BCUT2D eigenvalue weighted by molar-refractivity contribution is -0.216. The van der Waals surface area contributed by atoms with Crippen molar-refractivity contribution in [3.63, 3.8) is 0 Å². The van der Waals surface area contributed by atoms with Gasteiger partial charge in [-0.05, 0) is 25.3 Å². The van der Waals surface area contributed by atoms with E-state index in [-0.39, 0.29) is 19.4 Å². The standard InChI is InChI=1S/C14H15F2NO3/c15-14(16,13(19)6-3-7-13)12(18)17-10-8-20-11-5-2-1-4-9(10)11/h1-2,4-5,10,19H,3,6-8H2,(H,17,18). The van der Waals surface area contributed by atoms with E-state index in [1.54, 1.807) is 24.3 Å². The third-order valence-electron chi connectivity index (χ3n) is 4.06. The molecule has 1 aromatic rings. The fourth-order valence-corrected chi connectivity index (χ4v) is 2.57. The molecule has 0 aromatic heterocycles. The molecule has 0 saturated heterocycles. The Morgan fingerprint density at radius 3 is 2.75 bits per heavy atom. The number of carbonyl (C=O) groups excluding carboxylic acids is 1. The molecule has 4 nitrogen and oxygen atoms in total. The van der Waals surface area contributed by atoms with Gasteiger partial charge in [0.1, 0.15) is 18.0 Å². The number of alkyl halides is 2. The number of fused-ring (bicyclic) bond motifs is 1. The van der Waals surface area contributed by atoms with Gasteiger partial charge in [0.05, 0.1) is 6.04 Å². The van der Waals surface area contributed by atoms with Crippen molar-refractivity contribution in [2.45, 2.75) is 36.8 Å². The Hall–Kier alpha value is -1.69. The van der Waals surface area contributed by atoms with E-state index in [0.717, 1.165) is 0 Å². The molecule has 1 amide bonds. The molecular formula is C14H15F2NO3. The lowest BCUT2D eigenvalue weighted by Crippen LogP contribution is -2.61. The molecule has 20 heavy (non-hydrogen) atoms. The van der Waals surface area contributed by atoms with Gasteiger partial charge in [0.25, 0.3) is 5.91 Å². The Morgan fingerprint density at radius 1 is 1.40 bits per heavy atom. The van der Waals surface area contributed by atoms with Crippen LogP contribution in [-0.2, 0) is 4.79 Å². The summed E-state index contributed by atoms with van der Waals surface area (Å²) in [4.78, 5) is 11.8. The zero-order valence-corrected chi connectivity index (χ0v) is 10.7. The van der Waals surface area contributed by atoms with E-state index in [1.165, 1.54) is 0 Å². The number of halogens is 2. The predicted molar refractivity (Wildman–Crippen MR) is 66.6 cm³/mol. The van der Waals surface area contributed by atoms with E-state index >= 15 is 0 Å². The van der Waals surface area contributed by atoms with Crippen molar-refractivity contribution >= 4 is 5.91 Å². The summed E-state index contributed by atoms with van der Waals surface area (Å²) in [6, 6.07) is 6.37. The van der Waals surface area contributed by atoms with Crippen molar-refractivity contribution in [2.75, 3.05) is 6.61 Å². The zero-order valence-electron chi connectivity index (χ0n) is 10.7. The molecule has 2 N–H and O–H groups in total. The van der Waals surface area contributed by atoms with Crippen LogP contribution in [0.2, 0.25) is 0 Å². The molecule has 0 radical (unpaired) electrons. The third-order valence-corrected chi connectivity index (χ3v) is 4.06. The minimum absolute atomic E-state index is 0.0504. The van der Waals surface area contributed by atoms with Gasteiger partial charge in [0, 0.05) is 5.56 Å². The van der Waals surface area contributed by atoms with Crippen molar-refractivity contribution in [1.82, 2.24) is 5.32 Å². The van der Waals surface area contributed by atoms with Crippen LogP contribution in [0.15, 0.2) is 24.3 Å². The van der Waals surface area contributed by atoms with Crippen molar-refractivity contribution in [1.29, 1.82) is 0 Å². The van der Waals surface area contributed by atoms with E-state index in [2.05, 4.69) is 5.32 Å². The maximum Gasteiger partial charge on any atom is 0.352 e. The number of para-hydroxylation sites is 1. The number of nitrogens with one attached hydrogen (secondary N) is 1. The van der Waals surface area contributed by atoms with Gasteiger partial charge in [-0.3, -0.25) is 4.79 Å². The van der Waals surface area contributed by atoms with Crippen LogP contribution < -0.4 is 10.1 Å². The van der Waals surface area contributed by atoms with Crippen LogP contribution in [0.1, 0.15) is 30.9 Å². The molecule has 2 aliphatic rings. The number of amides is 1. The predicted octanol–water partition coefficient (Wildman–Crippen LogP) is 1.79. The van der Waals surface area contributed by atoms with Crippen LogP contribution in [0.5, 0.6) is 5.75 Å². The van der Waals surface area contributed by atoms with Gasteiger partial charge >= 0.3 is 5.92 Å². The highest BCUT2D eigenvalue weighted by Crippen LogP contribution is 2.44. The monoisotopic (exact) mass is 283 g/mol. The molecular weight excluding hydrogens is 268 g/mol. The average Bonchev–Trinajstić information content (AvgIpc) is 2.79. The van der Waals surface area contributed by atoms with Crippen molar-refractivity contribution in [3.05, 3.63) is 29.8 Å². The second-order valence-corrected chi connectivity index (χ2v) is 5.33. The molecule has 1 aromatic carbocycles. The van der Waals surface area contributed by atoms with E-state index in [4.69, 9.17) is 4.74 Å². The number of hydrogen-bond acceptors (Lipinski definition) is 3. The lowest BCUT2D eigenvalue weighted by Gasteiger charge is -2.41. The first-order valence-corrected chi connectivity index (χ1v) is 6.57. The van der Waals surface area contributed by atoms with Crippen molar-refractivity contribution < 1.29 is 23.4 Å². The summed E-state index contributed by atoms with van der Waals surface area (Å²) in [6.45, 7) is 0.125. The number of hydrogen-bond donors (Lipinski definition) is 2. The SMILES string of the molecule is O=C(NC1COc2ccccc21)C(F)(F)C1(O)CCC1. The van der Waals surface area contributed by atoms with Crippen LogP contribution in [0.3, 0.4) is 0 Å². The van der Waals surface area contributed by atoms with E-state index in [1.807, 2.05) is 0 Å². The highest BCUT2D eigenvalue weighted by molar-refractivity contribution is 5.85. The molecule has 1 saturated carbocycles. The Kier molecular flexibility index (Phi) is 2.93. The first-order chi connectivity index (χ1) is 9.44. The molecule has 1 unspecified atom stereocenters. The summed E-state index contributed by atoms with van der Waals surface area (Å²) in [7, 11) is 0. The zero-order chi connectivity index (χ0) is 14.4. The summed E-state index contributed by atoms with van der Waals surface area (Å²) in [5, 5.41) is 12.0. The summed E-state index contributed by atoms with van der Waals surface area (Å²) < 4.78 is 33.3. The minimum atomic E-state index is -3.78. The molecule has 1 fully saturated rings. The van der Waals surface area contributed by atoms with Crippen LogP contribution in [0.25, 0.3) is 0 Å². The quantitative estimate of drug-likeness (QED) is 0.889. The normalized spacial score (nSPS) is 23.4. The van der Waals surface area contributed by atoms with Crippen molar-refractivity contribution in [2.24, 2.45) is 0 Å². The van der Waals surface area contributed by atoms with Crippen LogP contribution in [0.4, 0.5) is 8.78 Å². The first-order valence-electron chi connectivity index (χ1n) is 6.57. The molecule has 0 spiro atoms. The van der Waals surface area contributed by atoms with Crippen molar-refractivity contribution in [3.8, 4) is 5.75 Å². The number of rotatable bonds is 3. The number of aliphatic hydroxyl groups is 1. The third kappa shape index (κ3) is 1.86. The average molecular weight is 283 g/mol. The number of benzene rings is 1. The highest BCUT2D eigenvalue weighted by Gasteiger charge is 2.61. The second-order valence-electron chi connectivity index (χ2n) is 5.33. The Labute approximate surface area is 114 Å². The summed E-state index contributed by atoms with van der Waals surface area (Å²) in [6.07, 6.45) is 0.408. The van der Waals surface area contributed by atoms with Gasteiger partial charge in [-0.25, -0.2) is 0 Å². The van der Waals surface area contributed by atoms with E-state index in [0.29, 0.717) is 17.7 Å². The maximum absolute atomic E-state index is 14.0. The Bertz CT molecular complexity index is 543. The molecule has 6 heteroatoms. The number of carbonyl (C=O) groups is 1. The van der Waals surface area contributed by atoms with E-state index < -0.39 is 23.5 Å². The van der Waals surface area contributed by atoms with Gasteiger partial charge in [0.2, 0.25) is 0 Å². The maximum atomic E-state index is 14.0. The molecule has 108 valence electrons. The van der Waals surface area contributed by atoms with Crippen LogP contribution >= 0.6 is 0 Å². The van der Waals surface area contributed by atoms with Gasteiger partial charge in [0.15, 0.2) is 0 Å². The Morgan fingerprint density at radius 2 is 2.10 bits per heavy atom. The topological polar surface area (TPSA) is 58.6 Å². The molecule has 0 bridgehead atoms. The van der Waals surface area contributed by atoms with Crippen LogP contribution in [-0.4, -0.2) is 29.1 Å². The highest BCUT2D eigenvalue weighted by atomic mass is 19.3. The smallest absolute Gasteiger partial charge is 0.352 e. The van der Waals surface area contributed by atoms with Gasteiger partial charge in [-0.15, -0.1) is 0 Å². The van der Waals surface area contributed by atoms with Crippen LogP contribution in [0, 0.1) is 0 Å².